The highest BCUT2D eigenvalue weighted by atomic mass is 31.1. The first kappa shape index (κ1) is 21.3. The van der Waals surface area contributed by atoms with E-state index in [1.54, 1.807) is 13.6 Å². The molecule has 0 aromatic carbocycles. The zero-order valence-electron chi connectivity index (χ0n) is 14.6. The third kappa shape index (κ3) is 4.87. The summed E-state index contributed by atoms with van der Waals surface area (Å²) in [6, 6.07) is 0. The maximum Gasteiger partial charge on any atom is 0.305 e. The lowest BCUT2D eigenvalue weighted by Gasteiger charge is -2.35. The van der Waals surface area contributed by atoms with Gasteiger partial charge >= 0.3 is 11.9 Å². The number of carbonyl (C=O) groups excluding carboxylic acids is 2. The van der Waals surface area contributed by atoms with Crippen LogP contribution < -0.4 is 0 Å². The Labute approximate surface area is 146 Å². The fourth-order valence-electron chi connectivity index (χ4n) is 3.39. The number of hydrogen-bond donors (Lipinski definition) is 0. The van der Waals surface area contributed by atoms with Crippen molar-refractivity contribution in [3.8, 4) is 0 Å². The molecule has 0 amide bonds. The predicted molar refractivity (Wildman–Crippen MR) is 92.2 cm³/mol. The summed E-state index contributed by atoms with van der Waals surface area (Å²) < 4.78 is 39.4. The zero-order chi connectivity index (χ0) is 18.5. The van der Waals surface area contributed by atoms with E-state index in [0.29, 0.717) is 12.7 Å². The van der Waals surface area contributed by atoms with Crippen molar-refractivity contribution in [2.75, 3.05) is 0 Å². The molecule has 24 heavy (non-hydrogen) atoms. The second kappa shape index (κ2) is 9.07. The quantitative estimate of drug-likeness (QED) is 0.366. The van der Waals surface area contributed by atoms with E-state index in [0.717, 1.165) is 0 Å². The molecule has 0 radical (unpaired) electrons. The van der Waals surface area contributed by atoms with E-state index in [1.807, 2.05) is 6.92 Å². The molecule has 0 aromatic rings. The second-order valence-corrected chi connectivity index (χ2v) is 8.24. The van der Waals surface area contributed by atoms with Crippen molar-refractivity contribution in [2.45, 2.75) is 71.0 Å². The van der Waals surface area contributed by atoms with Crippen molar-refractivity contribution in [1.82, 2.24) is 0 Å². The van der Waals surface area contributed by atoms with Crippen LogP contribution >= 0.6 is 16.7 Å². The summed E-state index contributed by atoms with van der Waals surface area (Å²) in [6.07, 6.45) is -1.64. The fraction of sp³-hybridized carbons (Fsp3) is 0.846. The molecule has 0 spiro atoms. The molecule has 1 saturated heterocycles. The Bertz CT molecular complexity index is 507. The van der Waals surface area contributed by atoms with Gasteiger partial charge < -0.3 is 14.2 Å². The van der Waals surface area contributed by atoms with Gasteiger partial charge in [-0.2, -0.15) is 0 Å². The van der Waals surface area contributed by atoms with Crippen LogP contribution in [0.1, 0.15) is 27.2 Å². The van der Waals surface area contributed by atoms with E-state index >= 15 is 0 Å². The maximum atomic E-state index is 11.5. The van der Waals surface area contributed by atoms with E-state index in [1.165, 1.54) is 13.8 Å². The van der Waals surface area contributed by atoms with Gasteiger partial charge in [-0.1, -0.05) is 20.6 Å². The summed E-state index contributed by atoms with van der Waals surface area (Å²) >= 11 is 0. The molecule has 0 N–H and O–H groups in total. The van der Waals surface area contributed by atoms with Crippen LogP contribution in [0.3, 0.4) is 0 Å². The molecule has 0 aliphatic carbocycles. The zero-order valence-corrected chi connectivity index (χ0v) is 16.3. The summed E-state index contributed by atoms with van der Waals surface area (Å²) in [6.45, 7) is 7.93. The average molecular weight is 374 g/mol. The molecular formula is C13H22B2O7P2. The molecule has 0 aromatic heterocycles. The molecule has 0 saturated carbocycles. The Morgan fingerprint density at radius 3 is 2.12 bits per heavy atom. The van der Waals surface area contributed by atoms with Gasteiger partial charge in [0.25, 0.3) is 12.9 Å². The normalized spacial score (nSPS) is 29.5. The minimum atomic E-state index is -1.07. The van der Waals surface area contributed by atoms with Crippen molar-refractivity contribution in [2.24, 2.45) is 0 Å². The average Bonchev–Trinajstić information content (AvgIpc) is 2.79. The number of rotatable bonds is 8. The highest BCUT2D eigenvalue weighted by Gasteiger charge is 2.60. The van der Waals surface area contributed by atoms with Crippen LogP contribution in [0.2, 0.25) is 25.8 Å². The first-order valence-corrected chi connectivity index (χ1v) is 9.64. The maximum absolute atomic E-state index is 11.5. The van der Waals surface area contributed by atoms with Crippen LogP contribution in [0.5, 0.6) is 0 Å². The molecular weight excluding hydrogens is 352 g/mol. The number of ether oxygens (including phenoxy) is 3. The van der Waals surface area contributed by atoms with E-state index in [4.69, 9.17) is 14.2 Å². The summed E-state index contributed by atoms with van der Waals surface area (Å²) in [5.41, 5.74) is -0.853. The van der Waals surface area contributed by atoms with Gasteiger partial charge in [0.2, 0.25) is 6.29 Å². The van der Waals surface area contributed by atoms with Crippen LogP contribution in [0, 0.1) is 0 Å². The lowest BCUT2D eigenvalue weighted by Crippen LogP contribution is -2.42. The van der Waals surface area contributed by atoms with Crippen molar-refractivity contribution in [3.63, 3.8) is 0 Å². The molecule has 7 nitrogen and oxygen atoms in total. The molecule has 1 aliphatic rings. The van der Waals surface area contributed by atoms with Gasteiger partial charge in [0.15, 0.2) is 6.10 Å². The number of hydrogen-bond acceptors (Lipinski definition) is 7. The molecule has 1 rings (SSSR count). The molecule has 132 valence electrons. The van der Waals surface area contributed by atoms with Crippen molar-refractivity contribution < 1.29 is 32.9 Å². The van der Waals surface area contributed by atoms with E-state index in [-0.39, 0.29) is 23.1 Å². The summed E-state index contributed by atoms with van der Waals surface area (Å²) in [5, 5.41) is 0. The third-order valence-electron chi connectivity index (χ3n) is 4.27. The van der Waals surface area contributed by atoms with Gasteiger partial charge in [-0.3, -0.25) is 18.7 Å². The predicted octanol–water partition coefficient (Wildman–Crippen LogP) is 3.18. The van der Waals surface area contributed by atoms with Crippen LogP contribution in [0.15, 0.2) is 0 Å². The SMILES string of the molecule is CC[C@]1(CB(C)P=O)OC(OC(C)=O)[C@H](OC(C)=O)[C@@H]1B(C)P=O. The van der Waals surface area contributed by atoms with E-state index in [2.05, 4.69) is 0 Å². The molecule has 0 bridgehead atoms. The van der Waals surface area contributed by atoms with Gasteiger partial charge in [0.05, 0.1) is 22.3 Å². The van der Waals surface area contributed by atoms with Crippen molar-refractivity contribution in [1.29, 1.82) is 0 Å². The molecule has 1 unspecified atom stereocenters. The minimum absolute atomic E-state index is 0.0362. The summed E-state index contributed by atoms with van der Waals surface area (Å²) in [5.74, 6) is -1.56. The Morgan fingerprint density at radius 1 is 1.12 bits per heavy atom. The summed E-state index contributed by atoms with van der Waals surface area (Å²) in [4.78, 5) is 22.9. The second-order valence-electron chi connectivity index (χ2n) is 6.12. The first-order valence-electron chi connectivity index (χ1n) is 7.88. The fourth-order valence-corrected chi connectivity index (χ4v) is 4.34. The molecule has 1 heterocycles. The van der Waals surface area contributed by atoms with Gasteiger partial charge in [-0.25, -0.2) is 0 Å². The Balaban J connectivity index is 3.32. The molecule has 11 heteroatoms. The van der Waals surface area contributed by atoms with Gasteiger partial charge in [0.1, 0.15) is 0 Å². The highest BCUT2D eigenvalue weighted by Crippen LogP contribution is 2.52. The van der Waals surface area contributed by atoms with Crippen molar-refractivity contribution in [3.05, 3.63) is 0 Å². The highest BCUT2D eigenvalue weighted by molar-refractivity contribution is 7.67. The lowest BCUT2D eigenvalue weighted by atomic mass is 9.50. The van der Waals surface area contributed by atoms with Gasteiger partial charge in [0, 0.05) is 19.7 Å². The smallest absolute Gasteiger partial charge is 0.305 e. The van der Waals surface area contributed by atoms with Gasteiger partial charge in [-0.05, 0) is 12.7 Å². The Kier molecular flexibility index (Phi) is 8.04. The topological polar surface area (TPSA) is 96.0 Å². The standard InChI is InChI=1S/C13H22B2O7P2/c1-6-13(7-14(4)23-18)11(15(5)24-19)10(20-8(2)16)12(22-13)21-9(3)17/h10-12H,6-7H2,1-5H3/t10-,11+,12?,13-/m1/s1. The Hall–Kier alpha value is -0.770. The molecule has 1 fully saturated rings. The van der Waals surface area contributed by atoms with Crippen LogP contribution in [0.25, 0.3) is 0 Å². The minimum Gasteiger partial charge on any atom is -0.456 e. The molecule has 1 aliphatic heterocycles. The Morgan fingerprint density at radius 2 is 1.71 bits per heavy atom. The number of esters is 2. The van der Waals surface area contributed by atoms with Crippen LogP contribution in [-0.2, 0) is 32.9 Å². The van der Waals surface area contributed by atoms with E-state index in [9.17, 15) is 18.7 Å². The van der Waals surface area contributed by atoms with Crippen LogP contribution in [-0.4, -0.2) is 42.8 Å². The monoisotopic (exact) mass is 374 g/mol. The van der Waals surface area contributed by atoms with Crippen LogP contribution in [0.4, 0.5) is 0 Å². The first-order chi connectivity index (χ1) is 11.2. The summed E-state index contributed by atoms with van der Waals surface area (Å²) in [7, 11) is -0.165. The molecule has 4 atom stereocenters. The third-order valence-corrected chi connectivity index (χ3v) is 5.47. The van der Waals surface area contributed by atoms with E-state index < -0.39 is 42.2 Å². The van der Waals surface area contributed by atoms with Crippen molar-refractivity contribution >= 4 is 41.5 Å². The largest absolute Gasteiger partial charge is 0.456 e. The lowest BCUT2D eigenvalue weighted by molar-refractivity contribution is -0.202. The van der Waals surface area contributed by atoms with Gasteiger partial charge in [-0.15, -0.1) is 0 Å². The number of carbonyl (C=O) groups is 2.